The fraction of sp³-hybridized carbons (Fsp3) is 0.364. The van der Waals surface area contributed by atoms with E-state index >= 15 is 0 Å². The second-order valence-electron chi connectivity index (χ2n) is 3.11. The van der Waals surface area contributed by atoms with Gasteiger partial charge in [-0.05, 0) is 38.8 Å². The van der Waals surface area contributed by atoms with Crippen LogP contribution in [-0.4, -0.2) is 0 Å². The molecule has 0 N–H and O–H groups in total. The highest BCUT2D eigenvalue weighted by Crippen LogP contribution is 2.14. The van der Waals surface area contributed by atoms with Gasteiger partial charge >= 0.3 is 5.63 Å². The SMILES string of the molecule is CC=Cc1c(C)c(C)c(C)oc1=O. The number of hydrogen-bond donors (Lipinski definition) is 0. The molecule has 0 aromatic carbocycles. The molecule has 0 spiro atoms. The maximum absolute atomic E-state index is 11.4. The highest BCUT2D eigenvalue weighted by molar-refractivity contribution is 5.53. The van der Waals surface area contributed by atoms with Gasteiger partial charge in [-0.25, -0.2) is 4.79 Å². The largest absolute Gasteiger partial charge is 0.427 e. The van der Waals surface area contributed by atoms with Gasteiger partial charge in [-0.3, -0.25) is 0 Å². The molecule has 2 nitrogen and oxygen atoms in total. The molecular formula is C11H14O2. The number of rotatable bonds is 1. The van der Waals surface area contributed by atoms with E-state index < -0.39 is 0 Å². The first-order chi connectivity index (χ1) is 6.07. The Morgan fingerprint density at radius 1 is 1.15 bits per heavy atom. The Bertz CT molecular complexity index is 397. The van der Waals surface area contributed by atoms with Crippen LogP contribution in [0.4, 0.5) is 0 Å². The van der Waals surface area contributed by atoms with E-state index in [4.69, 9.17) is 4.42 Å². The molecule has 0 atom stereocenters. The molecule has 0 radical (unpaired) electrons. The lowest BCUT2D eigenvalue weighted by Gasteiger charge is -2.05. The quantitative estimate of drug-likeness (QED) is 0.661. The first kappa shape index (κ1) is 9.78. The molecule has 0 saturated heterocycles. The van der Waals surface area contributed by atoms with Crippen molar-refractivity contribution in [1.82, 2.24) is 0 Å². The zero-order valence-corrected chi connectivity index (χ0v) is 8.47. The van der Waals surface area contributed by atoms with Crippen molar-refractivity contribution in [3.8, 4) is 0 Å². The predicted octanol–water partition coefficient (Wildman–Crippen LogP) is 2.60. The van der Waals surface area contributed by atoms with Gasteiger partial charge in [-0.1, -0.05) is 12.2 Å². The van der Waals surface area contributed by atoms with Gasteiger partial charge in [-0.15, -0.1) is 0 Å². The molecule has 0 unspecified atom stereocenters. The summed E-state index contributed by atoms with van der Waals surface area (Å²) < 4.78 is 5.07. The van der Waals surface area contributed by atoms with E-state index in [1.807, 2.05) is 33.8 Å². The lowest BCUT2D eigenvalue weighted by Crippen LogP contribution is -2.08. The Labute approximate surface area is 77.9 Å². The minimum atomic E-state index is -0.251. The molecule has 0 amide bonds. The van der Waals surface area contributed by atoms with E-state index in [1.165, 1.54) is 0 Å². The molecule has 1 aromatic heterocycles. The Morgan fingerprint density at radius 3 is 2.31 bits per heavy atom. The molecule has 1 heterocycles. The van der Waals surface area contributed by atoms with Crippen LogP contribution in [0.2, 0.25) is 0 Å². The van der Waals surface area contributed by atoms with E-state index in [0.717, 1.165) is 11.1 Å². The average molecular weight is 178 g/mol. The van der Waals surface area contributed by atoms with E-state index in [-0.39, 0.29) is 5.63 Å². The Kier molecular flexibility index (Phi) is 2.71. The Balaban J connectivity index is 3.53. The second kappa shape index (κ2) is 3.60. The first-order valence-corrected chi connectivity index (χ1v) is 4.31. The molecule has 0 aliphatic heterocycles. The number of aryl methyl sites for hydroxylation is 1. The third-order valence-corrected chi connectivity index (χ3v) is 2.29. The van der Waals surface area contributed by atoms with Crippen LogP contribution in [0.3, 0.4) is 0 Å². The van der Waals surface area contributed by atoms with Crippen LogP contribution in [0.15, 0.2) is 15.3 Å². The third kappa shape index (κ3) is 1.72. The van der Waals surface area contributed by atoms with E-state index in [1.54, 1.807) is 6.08 Å². The van der Waals surface area contributed by atoms with Crippen molar-refractivity contribution in [3.63, 3.8) is 0 Å². The zero-order chi connectivity index (χ0) is 10.0. The van der Waals surface area contributed by atoms with Crippen molar-refractivity contribution in [3.05, 3.63) is 38.9 Å². The van der Waals surface area contributed by atoms with Crippen LogP contribution < -0.4 is 5.63 Å². The Hall–Kier alpha value is -1.31. The fourth-order valence-corrected chi connectivity index (χ4v) is 1.25. The molecule has 0 aliphatic rings. The van der Waals surface area contributed by atoms with E-state index in [2.05, 4.69) is 0 Å². The van der Waals surface area contributed by atoms with Crippen molar-refractivity contribution in [2.24, 2.45) is 0 Å². The molecule has 70 valence electrons. The van der Waals surface area contributed by atoms with Crippen LogP contribution in [0.25, 0.3) is 6.08 Å². The van der Waals surface area contributed by atoms with Crippen molar-refractivity contribution in [2.45, 2.75) is 27.7 Å². The second-order valence-corrected chi connectivity index (χ2v) is 3.11. The molecule has 13 heavy (non-hydrogen) atoms. The third-order valence-electron chi connectivity index (χ3n) is 2.29. The van der Waals surface area contributed by atoms with Crippen LogP contribution in [-0.2, 0) is 0 Å². The minimum absolute atomic E-state index is 0.251. The maximum Gasteiger partial charge on any atom is 0.343 e. The van der Waals surface area contributed by atoms with Crippen LogP contribution >= 0.6 is 0 Å². The van der Waals surface area contributed by atoms with Gasteiger partial charge in [0.05, 0.1) is 5.56 Å². The van der Waals surface area contributed by atoms with Gasteiger partial charge in [-0.2, -0.15) is 0 Å². The summed E-state index contributed by atoms with van der Waals surface area (Å²) in [5, 5.41) is 0. The summed E-state index contributed by atoms with van der Waals surface area (Å²) in [5.74, 6) is 0.704. The smallest absolute Gasteiger partial charge is 0.343 e. The molecule has 2 heteroatoms. The molecule has 1 aromatic rings. The predicted molar refractivity (Wildman–Crippen MR) is 53.9 cm³/mol. The topological polar surface area (TPSA) is 30.2 Å². The normalized spacial score (nSPS) is 11.1. The van der Waals surface area contributed by atoms with Crippen molar-refractivity contribution in [1.29, 1.82) is 0 Å². The van der Waals surface area contributed by atoms with Gasteiger partial charge in [0, 0.05) is 0 Å². The summed E-state index contributed by atoms with van der Waals surface area (Å²) in [5.41, 5.74) is 2.46. The molecular weight excluding hydrogens is 164 g/mol. The maximum atomic E-state index is 11.4. The van der Waals surface area contributed by atoms with Gasteiger partial charge < -0.3 is 4.42 Å². The molecule has 0 bridgehead atoms. The minimum Gasteiger partial charge on any atom is -0.427 e. The fourth-order valence-electron chi connectivity index (χ4n) is 1.25. The van der Waals surface area contributed by atoms with Crippen LogP contribution in [0.1, 0.15) is 29.4 Å². The summed E-state index contributed by atoms with van der Waals surface area (Å²) >= 11 is 0. The van der Waals surface area contributed by atoms with Crippen LogP contribution in [0, 0.1) is 20.8 Å². The van der Waals surface area contributed by atoms with Gasteiger partial charge in [0.25, 0.3) is 0 Å². The van der Waals surface area contributed by atoms with Crippen molar-refractivity contribution < 1.29 is 4.42 Å². The van der Waals surface area contributed by atoms with E-state index in [0.29, 0.717) is 11.3 Å². The van der Waals surface area contributed by atoms with Crippen molar-refractivity contribution >= 4 is 6.08 Å². The standard InChI is InChI=1S/C11H14O2/c1-5-6-10-8(3)7(2)9(4)13-11(10)12/h5-6H,1-4H3. The summed E-state index contributed by atoms with van der Waals surface area (Å²) in [6, 6.07) is 0. The molecule has 0 aliphatic carbocycles. The molecule has 0 fully saturated rings. The monoisotopic (exact) mass is 178 g/mol. The zero-order valence-electron chi connectivity index (χ0n) is 8.47. The number of allylic oxidation sites excluding steroid dienone is 1. The molecule has 0 saturated carbocycles. The molecule has 1 rings (SSSR count). The summed E-state index contributed by atoms with van der Waals surface area (Å²) in [7, 11) is 0. The number of hydrogen-bond acceptors (Lipinski definition) is 2. The lowest BCUT2D eigenvalue weighted by atomic mass is 10.1. The highest BCUT2D eigenvalue weighted by atomic mass is 16.4. The van der Waals surface area contributed by atoms with Crippen molar-refractivity contribution in [2.75, 3.05) is 0 Å². The Morgan fingerprint density at radius 2 is 1.77 bits per heavy atom. The highest BCUT2D eigenvalue weighted by Gasteiger charge is 2.07. The summed E-state index contributed by atoms with van der Waals surface area (Å²) in [4.78, 5) is 11.4. The summed E-state index contributed by atoms with van der Waals surface area (Å²) in [6.07, 6.45) is 3.63. The lowest BCUT2D eigenvalue weighted by molar-refractivity contribution is 0.472. The van der Waals surface area contributed by atoms with E-state index in [9.17, 15) is 4.79 Å². The first-order valence-electron chi connectivity index (χ1n) is 4.31. The van der Waals surface area contributed by atoms with Gasteiger partial charge in [0.2, 0.25) is 0 Å². The van der Waals surface area contributed by atoms with Crippen LogP contribution in [0.5, 0.6) is 0 Å². The van der Waals surface area contributed by atoms with Gasteiger partial charge in [0.1, 0.15) is 5.76 Å². The van der Waals surface area contributed by atoms with Gasteiger partial charge in [0.15, 0.2) is 0 Å². The summed E-state index contributed by atoms with van der Waals surface area (Å²) in [6.45, 7) is 7.59. The average Bonchev–Trinajstić information content (AvgIpc) is 2.09.